The van der Waals surface area contributed by atoms with Gasteiger partial charge in [0.15, 0.2) is 5.82 Å². The second kappa shape index (κ2) is 5.55. The molecule has 1 saturated carbocycles. The molecule has 2 aromatic heterocycles. The Morgan fingerprint density at radius 3 is 2.89 bits per heavy atom. The molecule has 1 aliphatic carbocycles. The summed E-state index contributed by atoms with van der Waals surface area (Å²) in [4.78, 5) is 8.68. The van der Waals surface area contributed by atoms with Crippen LogP contribution in [0.4, 0.5) is 0 Å². The molecule has 102 valence electrons. The molecule has 0 aromatic carbocycles. The predicted octanol–water partition coefficient (Wildman–Crippen LogP) is 2.75. The van der Waals surface area contributed by atoms with Crippen molar-refractivity contribution in [2.24, 2.45) is 5.92 Å². The first-order valence-electron chi connectivity index (χ1n) is 7.10. The van der Waals surface area contributed by atoms with Crippen molar-refractivity contribution in [2.45, 2.75) is 52.0 Å². The third-order valence-electron chi connectivity index (χ3n) is 3.93. The summed E-state index contributed by atoms with van der Waals surface area (Å²) >= 11 is 0. The Kier molecular flexibility index (Phi) is 3.62. The number of nitrogens with zero attached hydrogens (tertiary/aromatic N) is 4. The van der Waals surface area contributed by atoms with E-state index >= 15 is 0 Å². The maximum Gasteiger partial charge on any atom is 0.226 e. The van der Waals surface area contributed by atoms with Crippen molar-refractivity contribution >= 4 is 0 Å². The second-order valence-corrected chi connectivity index (χ2v) is 5.41. The van der Waals surface area contributed by atoms with Crippen molar-refractivity contribution in [1.29, 1.82) is 0 Å². The minimum absolute atomic E-state index is 0.639. The fraction of sp³-hybridized carbons (Fsp3) is 0.643. The Morgan fingerprint density at radius 1 is 1.32 bits per heavy atom. The lowest BCUT2D eigenvalue weighted by Gasteiger charge is -2.19. The molecule has 0 spiro atoms. The predicted molar refractivity (Wildman–Crippen MR) is 70.6 cm³/mol. The van der Waals surface area contributed by atoms with Crippen LogP contribution in [0.5, 0.6) is 0 Å². The van der Waals surface area contributed by atoms with Crippen molar-refractivity contribution in [1.82, 2.24) is 19.7 Å². The molecule has 1 fully saturated rings. The van der Waals surface area contributed by atoms with Crippen molar-refractivity contribution in [3.63, 3.8) is 0 Å². The largest absolute Gasteiger partial charge is 0.339 e. The van der Waals surface area contributed by atoms with Crippen LogP contribution in [0, 0.1) is 12.8 Å². The Balaban J connectivity index is 1.61. The summed E-state index contributed by atoms with van der Waals surface area (Å²) in [6, 6.07) is 0. The molecular weight excluding hydrogens is 240 g/mol. The van der Waals surface area contributed by atoms with E-state index in [-0.39, 0.29) is 0 Å². The first kappa shape index (κ1) is 12.4. The molecule has 0 aliphatic heterocycles. The van der Waals surface area contributed by atoms with E-state index in [2.05, 4.69) is 15.1 Å². The van der Waals surface area contributed by atoms with Gasteiger partial charge in [-0.3, -0.25) is 0 Å². The van der Waals surface area contributed by atoms with Crippen LogP contribution in [0.1, 0.15) is 49.6 Å². The highest BCUT2D eigenvalue weighted by Gasteiger charge is 2.17. The average molecular weight is 260 g/mol. The van der Waals surface area contributed by atoms with E-state index < -0.39 is 0 Å². The van der Waals surface area contributed by atoms with E-state index in [0.717, 1.165) is 29.9 Å². The summed E-state index contributed by atoms with van der Waals surface area (Å²) in [6.07, 6.45) is 11.3. The Hall–Kier alpha value is -1.65. The quantitative estimate of drug-likeness (QED) is 0.848. The topological polar surface area (TPSA) is 56.7 Å². The molecule has 1 aliphatic rings. The summed E-state index contributed by atoms with van der Waals surface area (Å²) in [5.41, 5.74) is 0. The normalized spacial score (nSPS) is 16.9. The third kappa shape index (κ3) is 3.03. The number of hydrogen-bond donors (Lipinski definition) is 0. The van der Waals surface area contributed by atoms with Gasteiger partial charge in [-0.25, -0.2) is 4.98 Å². The van der Waals surface area contributed by atoms with Gasteiger partial charge in [-0.05, 0) is 25.7 Å². The van der Waals surface area contributed by atoms with Gasteiger partial charge in [0, 0.05) is 18.8 Å². The molecule has 0 atom stereocenters. The van der Waals surface area contributed by atoms with Crippen LogP contribution >= 0.6 is 0 Å². The van der Waals surface area contributed by atoms with Gasteiger partial charge in [0.05, 0.1) is 6.54 Å². The smallest absolute Gasteiger partial charge is 0.226 e. The van der Waals surface area contributed by atoms with Crippen molar-refractivity contribution in [3.05, 3.63) is 29.9 Å². The zero-order valence-corrected chi connectivity index (χ0v) is 11.4. The van der Waals surface area contributed by atoms with Gasteiger partial charge < -0.3 is 9.09 Å². The van der Waals surface area contributed by atoms with Crippen LogP contribution in [0.25, 0.3) is 0 Å². The van der Waals surface area contributed by atoms with Gasteiger partial charge in [0.2, 0.25) is 5.89 Å². The van der Waals surface area contributed by atoms with E-state index in [1.165, 1.54) is 32.1 Å². The molecule has 0 saturated heterocycles. The van der Waals surface area contributed by atoms with Crippen LogP contribution in [0.3, 0.4) is 0 Å². The molecular formula is C14H20N4O. The monoisotopic (exact) mass is 260 g/mol. The van der Waals surface area contributed by atoms with Crippen molar-refractivity contribution in [2.75, 3.05) is 0 Å². The fourth-order valence-corrected chi connectivity index (χ4v) is 2.80. The third-order valence-corrected chi connectivity index (χ3v) is 3.93. The summed E-state index contributed by atoms with van der Waals surface area (Å²) in [5, 5.41) is 4.06. The number of rotatable bonds is 4. The lowest BCUT2D eigenvalue weighted by atomic mass is 9.87. The lowest BCUT2D eigenvalue weighted by Crippen LogP contribution is -2.09. The van der Waals surface area contributed by atoms with E-state index in [0.29, 0.717) is 6.54 Å². The second-order valence-electron chi connectivity index (χ2n) is 5.41. The summed E-state index contributed by atoms with van der Waals surface area (Å²) in [5.74, 6) is 3.24. The standard InChI is InChI=1S/C14H20N4O/c1-11-15-7-8-18(11)10-13-16-14(19-17-13)9-12-5-3-2-4-6-12/h7-8,12H,2-6,9-10H2,1H3. The van der Waals surface area contributed by atoms with E-state index in [1.807, 2.05) is 17.7 Å². The van der Waals surface area contributed by atoms with Crippen LogP contribution < -0.4 is 0 Å². The van der Waals surface area contributed by atoms with E-state index in [4.69, 9.17) is 4.52 Å². The Bertz CT molecular complexity index is 525. The molecule has 2 heterocycles. The highest BCUT2D eigenvalue weighted by molar-refractivity contribution is 4.95. The van der Waals surface area contributed by atoms with E-state index in [1.54, 1.807) is 6.20 Å². The van der Waals surface area contributed by atoms with Crippen LogP contribution in [-0.4, -0.2) is 19.7 Å². The van der Waals surface area contributed by atoms with Crippen LogP contribution in [0.2, 0.25) is 0 Å². The maximum atomic E-state index is 5.36. The van der Waals surface area contributed by atoms with Crippen LogP contribution in [0.15, 0.2) is 16.9 Å². The van der Waals surface area contributed by atoms with Crippen LogP contribution in [-0.2, 0) is 13.0 Å². The minimum atomic E-state index is 0.639. The number of aromatic nitrogens is 4. The lowest BCUT2D eigenvalue weighted by molar-refractivity contribution is 0.303. The molecule has 0 bridgehead atoms. The molecule has 19 heavy (non-hydrogen) atoms. The van der Waals surface area contributed by atoms with Gasteiger partial charge in [-0.15, -0.1) is 0 Å². The molecule has 0 N–H and O–H groups in total. The molecule has 0 radical (unpaired) electrons. The zero-order valence-electron chi connectivity index (χ0n) is 11.4. The maximum absolute atomic E-state index is 5.36. The fourth-order valence-electron chi connectivity index (χ4n) is 2.80. The first-order chi connectivity index (χ1) is 9.31. The molecule has 2 aromatic rings. The highest BCUT2D eigenvalue weighted by Crippen LogP contribution is 2.26. The van der Waals surface area contributed by atoms with Gasteiger partial charge >= 0.3 is 0 Å². The summed E-state index contributed by atoms with van der Waals surface area (Å²) in [6.45, 7) is 2.61. The average Bonchev–Trinajstić information content (AvgIpc) is 3.02. The number of imidazole rings is 1. The Morgan fingerprint density at radius 2 is 2.16 bits per heavy atom. The van der Waals surface area contributed by atoms with Crippen molar-refractivity contribution in [3.8, 4) is 0 Å². The molecule has 5 heteroatoms. The number of aryl methyl sites for hydroxylation is 1. The van der Waals surface area contributed by atoms with E-state index in [9.17, 15) is 0 Å². The van der Waals surface area contributed by atoms with Gasteiger partial charge in [-0.2, -0.15) is 4.98 Å². The summed E-state index contributed by atoms with van der Waals surface area (Å²) in [7, 11) is 0. The van der Waals surface area contributed by atoms with Gasteiger partial charge in [0.1, 0.15) is 5.82 Å². The SMILES string of the molecule is Cc1nccn1Cc1noc(CC2CCCCC2)n1. The molecule has 3 rings (SSSR count). The number of hydrogen-bond acceptors (Lipinski definition) is 4. The zero-order chi connectivity index (χ0) is 13.1. The van der Waals surface area contributed by atoms with Crippen molar-refractivity contribution < 1.29 is 4.52 Å². The van der Waals surface area contributed by atoms with Gasteiger partial charge in [-0.1, -0.05) is 24.4 Å². The first-order valence-corrected chi connectivity index (χ1v) is 7.10. The summed E-state index contributed by atoms with van der Waals surface area (Å²) < 4.78 is 7.38. The minimum Gasteiger partial charge on any atom is -0.339 e. The highest BCUT2D eigenvalue weighted by atomic mass is 16.5. The molecule has 0 amide bonds. The van der Waals surface area contributed by atoms with Gasteiger partial charge in [0.25, 0.3) is 0 Å². The molecule has 0 unspecified atom stereocenters. The Labute approximate surface area is 113 Å². The molecule has 5 nitrogen and oxygen atoms in total.